The number of fused-ring (bicyclic) bond motifs is 1. The third kappa shape index (κ3) is 2.88. The number of imide groups is 3. The van der Waals surface area contributed by atoms with Gasteiger partial charge < -0.3 is 0 Å². The van der Waals surface area contributed by atoms with Crippen LogP contribution in [0.15, 0.2) is 24.3 Å². The van der Waals surface area contributed by atoms with Crippen molar-refractivity contribution in [3.63, 3.8) is 0 Å². The molecule has 4 amide bonds. The van der Waals surface area contributed by atoms with Crippen LogP contribution < -0.4 is 0 Å². The zero-order valence-corrected chi connectivity index (χ0v) is 13.1. The molecule has 20 heavy (non-hydrogen) atoms. The van der Waals surface area contributed by atoms with E-state index in [1.165, 1.54) is 19.2 Å². The average molecular weight is 354 g/mol. The Balaban J connectivity index is 2.26. The standard InChI is InChI=1S/C11H7Cl3N2O3S/c1-15(20-11(12,13)14)10(19)16-8(17)6-4-2-3-5-7(6)9(16)18/h2-5H,1H3. The Bertz CT molecular complexity index is 568. The highest BCUT2D eigenvalue weighted by atomic mass is 35.6. The number of urea groups is 1. The lowest BCUT2D eigenvalue weighted by atomic mass is 10.1. The summed E-state index contributed by atoms with van der Waals surface area (Å²) >= 11 is 17.2. The fourth-order valence-electron chi connectivity index (χ4n) is 1.70. The monoisotopic (exact) mass is 352 g/mol. The number of hydrogen-bond acceptors (Lipinski definition) is 4. The molecule has 0 spiro atoms. The van der Waals surface area contributed by atoms with Gasteiger partial charge in [0.15, 0.2) is 0 Å². The van der Waals surface area contributed by atoms with Gasteiger partial charge in [0, 0.05) is 19.0 Å². The largest absolute Gasteiger partial charge is 0.344 e. The minimum Gasteiger partial charge on any atom is -0.268 e. The number of carbonyl (C=O) groups is 3. The molecule has 0 unspecified atom stereocenters. The number of alkyl halides is 3. The number of rotatable bonds is 1. The third-order valence-corrected chi connectivity index (χ3v) is 3.75. The maximum Gasteiger partial charge on any atom is 0.344 e. The van der Waals surface area contributed by atoms with Crippen molar-refractivity contribution >= 4 is 64.6 Å². The molecule has 5 nitrogen and oxygen atoms in total. The van der Waals surface area contributed by atoms with Crippen molar-refractivity contribution < 1.29 is 14.4 Å². The first-order chi connectivity index (χ1) is 9.22. The third-order valence-electron chi connectivity index (χ3n) is 2.50. The van der Waals surface area contributed by atoms with Crippen molar-refractivity contribution in [1.29, 1.82) is 0 Å². The normalized spacial score (nSPS) is 14.5. The van der Waals surface area contributed by atoms with Gasteiger partial charge in [0.25, 0.3) is 14.9 Å². The van der Waals surface area contributed by atoms with Crippen molar-refractivity contribution in [3.05, 3.63) is 35.4 Å². The summed E-state index contributed by atoms with van der Waals surface area (Å²) in [7, 11) is 1.30. The van der Waals surface area contributed by atoms with Gasteiger partial charge in [-0.25, -0.2) is 4.79 Å². The molecule has 0 saturated heterocycles. The Morgan fingerprint density at radius 3 is 2.00 bits per heavy atom. The van der Waals surface area contributed by atoms with Crippen LogP contribution in [0.3, 0.4) is 0 Å². The van der Waals surface area contributed by atoms with Crippen LogP contribution in [0.25, 0.3) is 0 Å². The van der Waals surface area contributed by atoms with Crippen molar-refractivity contribution in [1.82, 2.24) is 9.21 Å². The van der Waals surface area contributed by atoms with Gasteiger partial charge in [-0.05, 0) is 12.1 Å². The van der Waals surface area contributed by atoms with E-state index in [9.17, 15) is 14.4 Å². The van der Waals surface area contributed by atoms with E-state index in [0.29, 0.717) is 16.8 Å². The van der Waals surface area contributed by atoms with Crippen LogP contribution in [-0.4, -0.2) is 37.2 Å². The molecule has 0 radical (unpaired) electrons. The minimum atomic E-state index is -1.77. The van der Waals surface area contributed by atoms with Crippen LogP contribution in [0, 0.1) is 0 Å². The minimum absolute atomic E-state index is 0.179. The Hall–Kier alpha value is -0.950. The maximum absolute atomic E-state index is 12.1. The maximum atomic E-state index is 12.1. The summed E-state index contributed by atoms with van der Waals surface area (Å²) in [4.78, 5) is 36.8. The zero-order valence-electron chi connectivity index (χ0n) is 9.97. The van der Waals surface area contributed by atoms with Gasteiger partial charge >= 0.3 is 6.03 Å². The van der Waals surface area contributed by atoms with Crippen LogP contribution >= 0.6 is 46.8 Å². The van der Waals surface area contributed by atoms with Gasteiger partial charge in [0.1, 0.15) is 0 Å². The molecular formula is C11H7Cl3N2O3S. The van der Waals surface area contributed by atoms with Gasteiger partial charge in [-0.1, -0.05) is 46.9 Å². The van der Waals surface area contributed by atoms with Crippen molar-refractivity contribution in [2.75, 3.05) is 7.05 Å². The smallest absolute Gasteiger partial charge is 0.268 e. The summed E-state index contributed by atoms with van der Waals surface area (Å²) in [5, 5.41) is 0. The lowest BCUT2D eigenvalue weighted by Crippen LogP contribution is -2.42. The van der Waals surface area contributed by atoms with Crippen molar-refractivity contribution in [2.24, 2.45) is 0 Å². The van der Waals surface area contributed by atoms with Crippen LogP contribution in [-0.2, 0) is 0 Å². The van der Waals surface area contributed by atoms with Crippen LogP contribution in [0.5, 0.6) is 0 Å². The predicted molar refractivity (Wildman–Crippen MR) is 78.0 cm³/mol. The summed E-state index contributed by atoms with van der Waals surface area (Å²) in [6.45, 7) is 0. The van der Waals surface area contributed by atoms with E-state index < -0.39 is 21.0 Å². The molecule has 106 valence electrons. The van der Waals surface area contributed by atoms with E-state index in [1.54, 1.807) is 12.1 Å². The van der Waals surface area contributed by atoms with Crippen LogP contribution in [0.1, 0.15) is 20.7 Å². The number of hydrogen-bond donors (Lipinski definition) is 0. The molecule has 0 bridgehead atoms. The Kier molecular flexibility index (Phi) is 4.20. The second kappa shape index (κ2) is 5.44. The molecule has 2 rings (SSSR count). The fourth-order valence-corrected chi connectivity index (χ4v) is 3.10. The summed E-state index contributed by atoms with van der Waals surface area (Å²) in [6, 6.07) is 5.30. The molecule has 0 fully saturated rings. The lowest BCUT2D eigenvalue weighted by molar-refractivity contribution is 0.0692. The van der Waals surface area contributed by atoms with Gasteiger partial charge in [0.2, 0.25) is 0 Å². The van der Waals surface area contributed by atoms with Gasteiger partial charge in [0.05, 0.1) is 11.1 Å². The molecule has 0 aromatic heterocycles. The molecule has 1 heterocycles. The number of amides is 4. The lowest BCUT2D eigenvalue weighted by Gasteiger charge is -2.23. The molecular weight excluding hydrogens is 347 g/mol. The number of carbonyl (C=O) groups excluding carboxylic acids is 3. The van der Waals surface area contributed by atoms with Gasteiger partial charge in [-0.3, -0.25) is 13.9 Å². The summed E-state index contributed by atoms with van der Waals surface area (Å²) in [6.07, 6.45) is 0. The molecule has 9 heteroatoms. The van der Waals surface area contributed by atoms with E-state index in [4.69, 9.17) is 34.8 Å². The zero-order chi connectivity index (χ0) is 15.1. The number of halogens is 3. The predicted octanol–water partition coefficient (Wildman–Crippen LogP) is 3.31. The van der Waals surface area contributed by atoms with E-state index in [1.807, 2.05) is 0 Å². The molecule has 1 aliphatic rings. The quantitative estimate of drug-likeness (QED) is 0.441. The molecule has 1 aliphatic heterocycles. The molecule has 0 N–H and O–H groups in total. The number of nitrogens with zero attached hydrogens (tertiary/aromatic N) is 2. The molecule has 1 aromatic carbocycles. The second-order valence-corrected chi connectivity index (χ2v) is 8.10. The SMILES string of the molecule is CN(SC(Cl)(Cl)Cl)C(=O)N1C(=O)c2ccccc2C1=O. The summed E-state index contributed by atoms with van der Waals surface area (Å²) in [5.41, 5.74) is 0.358. The van der Waals surface area contributed by atoms with E-state index >= 15 is 0 Å². The van der Waals surface area contributed by atoms with Crippen molar-refractivity contribution in [2.45, 2.75) is 3.12 Å². The Morgan fingerprint density at radius 1 is 1.15 bits per heavy atom. The average Bonchev–Trinajstić information content (AvgIpc) is 2.60. The Morgan fingerprint density at radius 2 is 1.60 bits per heavy atom. The van der Waals surface area contributed by atoms with E-state index in [0.717, 1.165) is 4.31 Å². The first-order valence-electron chi connectivity index (χ1n) is 5.24. The van der Waals surface area contributed by atoms with Gasteiger partial charge in [-0.2, -0.15) is 4.90 Å². The topological polar surface area (TPSA) is 57.7 Å². The van der Waals surface area contributed by atoms with E-state index in [2.05, 4.69) is 0 Å². The summed E-state index contributed by atoms with van der Waals surface area (Å²) < 4.78 is -0.849. The summed E-state index contributed by atoms with van der Waals surface area (Å²) in [5.74, 6) is -1.38. The molecule has 1 aromatic rings. The van der Waals surface area contributed by atoms with E-state index in [-0.39, 0.29) is 11.1 Å². The fraction of sp³-hybridized carbons (Fsp3) is 0.182. The number of benzene rings is 1. The second-order valence-electron chi connectivity index (χ2n) is 3.81. The van der Waals surface area contributed by atoms with Crippen LogP contribution in [0.2, 0.25) is 0 Å². The molecule has 0 saturated carbocycles. The first kappa shape index (κ1) is 15.4. The highest BCUT2D eigenvalue weighted by molar-refractivity contribution is 8.03. The van der Waals surface area contributed by atoms with Crippen LogP contribution in [0.4, 0.5) is 4.79 Å². The molecule has 0 atom stereocenters. The van der Waals surface area contributed by atoms with Crippen molar-refractivity contribution in [3.8, 4) is 0 Å². The highest BCUT2D eigenvalue weighted by Crippen LogP contribution is 2.41. The highest BCUT2D eigenvalue weighted by Gasteiger charge is 2.42. The van der Waals surface area contributed by atoms with Gasteiger partial charge in [-0.15, -0.1) is 0 Å². The molecule has 0 aliphatic carbocycles. The first-order valence-corrected chi connectivity index (χ1v) is 7.14. The Labute approximate surface area is 133 Å².